The normalized spacial score (nSPS) is 13.4. The topological polar surface area (TPSA) is 92.7 Å². The summed E-state index contributed by atoms with van der Waals surface area (Å²) in [6, 6.07) is 12.3. The number of hydrogen-bond acceptors (Lipinski definition) is 6. The molecule has 0 bridgehead atoms. The summed E-state index contributed by atoms with van der Waals surface area (Å²) in [7, 11) is -2.14. The van der Waals surface area contributed by atoms with Crippen LogP contribution < -0.4 is 10.0 Å². The number of anilines is 1. The Balaban J connectivity index is 1.69. The minimum atomic E-state index is -3.66. The summed E-state index contributed by atoms with van der Waals surface area (Å²) in [4.78, 5) is 9.04. The third-order valence-corrected chi connectivity index (χ3v) is 6.46. The SMILES string of the molecule is COCCNS(=O)(=O)c1ccc2nccc(NC3=NCc4c(Cl)cccc43)c2c1. The molecule has 1 aromatic heterocycles. The first-order valence-electron chi connectivity index (χ1n) is 8.96. The van der Waals surface area contributed by atoms with Gasteiger partial charge in [-0.1, -0.05) is 23.7 Å². The van der Waals surface area contributed by atoms with Crippen LogP contribution in [0, 0.1) is 0 Å². The molecule has 29 heavy (non-hydrogen) atoms. The molecule has 0 aliphatic carbocycles. The van der Waals surface area contributed by atoms with Gasteiger partial charge in [0.2, 0.25) is 10.0 Å². The zero-order valence-electron chi connectivity index (χ0n) is 15.6. The van der Waals surface area contributed by atoms with E-state index in [2.05, 4.69) is 20.0 Å². The highest BCUT2D eigenvalue weighted by Crippen LogP contribution is 2.29. The highest BCUT2D eigenvalue weighted by atomic mass is 35.5. The number of aliphatic imine (C=N–C) groups is 1. The molecule has 1 aliphatic heterocycles. The van der Waals surface area contributed by atoms with Crippen LogP contribution in [0.15, 0.2) is 58.5 Å². The predicted octanol–water partition coefficient (Wildman–Crippen LogP) is 3.19. The summed E-state index contributed by atoms with van der Waals surface area (Å²) in [5.41, 5.74) is 3.30. The minimum absolute atomic E-state index is 0.161. The average Bonchev–Trinajstić information content (AvgIpc) is 3.12. The number of nitrogens with one attached hydrogen (secondary N) is 2. The Labute approximate surface area is 173 Å². The molecule has 9 heteroatoms. The molecule has 4 rings (SSSR count). The third kappa shape index (κ3) is 3.97. The van der Waals surface area contributed by atoms with Crippen molar-refractivity contribution < 1.29 is 13.2 Å². The Morgan fingerprint density at radius 3 is 2.90 bits per heavy atom. The molecule has 0 saturated carbocycles. The number of halogens is 1. The van der Waals surface area contributed by atoms with Crippen molar-refractivity contribution in [2.45, 2.75) is 11.4 Å². The molecule has 0 radical (unpaired) electrons. The molecule has 0 atom stereocenters. The fraction of sp³-hybridized carbons (Fsp3) is 0.200. The van der Waals surface area contributed by atoms with Crippen molar-refractivity contribution in [3.8, 4) is 0 Å². The number of aromatic nitrogens is 1. The molecule has 7 nitrogen and oxygen atoms in total. The summed E-state index contributed by atoms with van der Waals surface area (Å²) in [5.74, 6) is 0.696. The van der Waals surface area contributed by atoms with Crippen LogP contribution in [0.5, 0.6) is 0 Å². The van der Waals surface area contributed by atoms with Gasteiger partial charge in [0.15, 0.2) is 0 Å². The van der Waals surface area contributed by atoms with Crippen molar-refractivity contribution in [1.82, 2.24) is 9.71 Å². The van der Waals surface area contributed by atoms with Gasteiger partial charge in [-0.2, -0.15) is 0 Å². The molecule has 150 valence electrons. The van der Waals surface area contributed by atoms with E-state index in [-0.39, 0.29) is 11.4 Å². The van der Waals surface area contributed by atoms with Crippen LogP contribution in [0.3, 0.4) is 0 Å². The van der Waals surface area contributed by atoms with Crippen LogP contribution in [-0.2, 0) is 21.3 Å². The first-order valence-corrected chi connectivity index (χ1v) is 10.8. The molecule has 2 heterocycles. The first-order chi connectivity index (χ1) is 14.0. The zero-order chi connectivity index (χ0) is 20.4. The number of fused-ring (bicyclic) bond motifs is 2. The summed E-state index contributed by atoms with van der Waals surface area (Å²) >= 11 is 6.26. The van der Waals surface area contributed by atoms with E-state index in [9.17, 15) is 8.42 Å². The second-order valence-electron chi connectivity index (χ2n) is 6.48. The van der Waals surface area contributed by atoms with Crippen LogP contribution in [0.2, 0.25) is 5.02 Å². The number of pyridine rings is 1. The molecule has 0 unspecified atom stereocenters. The largest absolute Gasteiger partial charge is 0.383 e. The lowest BCUT2D eigenvalue weighted by atomic mass is 10.1. The monoisotopic (exact) mass is 430 g/mol. The molecule has 0 saturated heterocycles. The van der Waals surface area contributed by atoms with E-state index < -0.39 is 10.0 Å². The van der Waals surface area contributed by atoms with E-state index in [4.69, 9.17) is 16.3 Å². The number of amidine groups is 1. The molecule has 1 aliphatic rings. The maximum atomic E-state index is 12.6. The Bertz CT molecular complexity index is 1210. The smallest absolute Gasteiger partial charge is 0.240 e. The molecule has 2 aromatic carbocycles. The van der Waals surface area contributed by atoms with Gasteiger partial charge in [-0.15, -0.1) is 0 Å². The summed E-state index contributed by atoms with van der Waals surface area (Å²) < 4.78 is 32.5. The maximum Gasteiger partial charge on any atom is 0.240 e. The second-order valence-corrected chi connectivity index (χ2v) is 8.66. The number of nitrogens with zero attached hydrogens (tertiary/aromatic N) is 2. The fourth-order valence-corrected chi connectivity index (χ4v) is 4.46. The van der Waals surface area contributed by atoms with Crippen LogP contribution in [0.1, 0.15) is 11.1 Å². The van der Waals surface area contributed by atoms with E-state index in [1.54, 1.807) is 24.4 Å². The number of methoxy groups -OCH3 is 1. The lowest BCUT2D eigenvalue weighted by molar-refractivity contribution is 0.204. The fourth-order valence-electron chi connectivity index (χ4n) is 3.18. The van der Waals surface area contributed by atoms with Gasteiger partial charge in [-0.3, -0.25) is 9.98 Å². The van der Waals surface area contributed by atoms with Crippen LogP contribution in [0.4, 0.5) is 5.69 Å². The van der Waals surface area contributed by atoms with Gasteiger partial charge in [-0.05, 0) is 30.3 Å². The van der Waals surface area contributed by atoms with Gasteiger partial charge in [0.25, 0.3) is 0 Å². The molecular formula is C20H19ClN4O3S. The Morgan fingerprint density at radius 2 is 2.07 bits per heavy atom. The highest BCUT2D eigenvalue weighted by Gasteiger charge is 2.20. The summed E-state index contributed by atoms with van der Waals surface area (Å²) in [6.07, 6.45) is 1.67. The second kappa shape index (κ2) is 8.08. The van der Waals surface area contributed by atoms with Crippen LogP contribution in [-0.4, -0.2) is 39.5 Å². The molecule has 3 aromatic rings. The predicted molar refractivity (Wildman–Crippen MR) is 114 cm³/mol. The molecule has 2 N–H and O–H groups in total. The van der Waals surface area contributed by atoms with Gasteiger partial charge in [0, 0.05) is 41.4 Å². The van der Waals surface area contributed by atoms with Crippen molar-refractivity contribution in [2.75, 3.05) is 25.6 Å². The van der Waals surface area contributed by atoms with Crippen LogP contribution in [0.25, 0.3) is 10.9 Å². The lowest BCUT2D eigenvalue weighted by Gasteiger charge is -2.12. The first kappa shape index (κ1) is 19.8. The summed E-state index contributed by atoms with van der Waals surface area (Å²) in [6.45, 7) is 0.996. The molecule has 0 spiro atoms. The van der Waals surface area contributed by atoms with Gasteiger partial charge in [0.1, 0.15) is 5.84 Å². The van der Waals surface area contributed by atoms with Gasteiger partial charge in [-0.25, -0.2) is 13.1 Å². The van der Waals surface area contributed by atoms with E-state index in [0.717, 1.165) is 16.8 Å². The van der Waals surface area contributed by atoms with Gasteiger partial charge >= 0.3 is 0 Å². The van der Waals surface area contributed by atoms with Crippen molar-refractivity contribution in [3.05, 3.63) is 64.8 Å². The van der Waals surface area contributed by atoms with Gasteiger partial charge in [0.05, 0.1) is 29.3 Å². The van der Waals surface area contributed by atoms with E-state index in [0.29, 0.717) is 34.9 Å². The number of ether oxygens (including phenoxy) is 1. The number of sulfonamides is 1. The highest BCUT2D eigenvalue weighted by molar-refractivity contribution is 7.89. The third-order valence-electron chi connectivity index (χ3n) is 4.64. The van der Waals surface area contributed by atoms with Crippen molar-refractivity contribution in [2.24, 2.45) is 4.99 Å². The van der Waals surface area contributed by atoms with Gasteiger partial charge < -0.3 is 10.1 Å². The number of benzene rings is 2. The Hall–Kier alpha value is -2.52. The van der Waals surface area contributed by atoms with E-state index in [1.165, 1.54) is 13.2 Å². The van der Waals surface area contributed by atoms with Crippen molar-refractivity contribution in [1.29, 1.82) is 0 Å². The van der Waals surface area contributed by atoms with Crippen LogP contribution >= 0.6 is 11.6 Å². The average molecular weight is 431 g/mol. The Kier molecular flexibility index (Phi) is 5.51. The minimum Gasteiger partial charge on any atom is -0.383 e. The zero-order valence-corrected chi connectivity index (χ0v) is 17.2. The molecule has 0 fully saturated rings. The number of rotatable bonds is 6. The quantitative estimate of drug-likeness (QED) is 0.586. The number of hydrogen-bond donors (Lipinski definition) is 2. The standard InChI is InChI=1S/C20H19ClN4O3S/c1-28-10-9-24-29(26,27)13-5-6-18-15(11-13)19(7-8-22-18)25-20-14-3-2-4-17(21)16(14)12-23-20/h2-8,11,24H,9-10,12H2,1H3,(H,22,23,25). The van der Waals surface area contributed by atoms with E-state index in [1.807, 2.05) is 18.2 Å². The van der Waals surface area contributed by atoms with E-state index >= 15 is 0 Å². The van der Waals surface area contributed by atoms with Crippen molar-refractivity contribution >= 4 is 44.1 Å². The lowest BCUT2D eigenvalue weighted by Crippen LogP contribution is -2.27. The Morgan fingerprint density at radius 1 is 1.21 bits per heavy atom. The summed E-state index contributed by atoms with van der Waals surface area (Å²) in [5, 5.41) is 4.67. The maximum absolute atomic E-state index is 12.6. The van der Waals surface area contributed by atoms with Crippen molar-refractivity contribution in [3.63, 3.8) is 0 Å². The molecular weight excluding hydrogens is 412 g/mol. The molecule has 0 amide bonds.